The highest BCUT2D eigenvalue weighted by atomic mass is 16.5. The van der Waals surface area contributed by atoms with Crippen LogP contribution in [0.1, 0.15) is 117 Å². The fourth-order valence-corrected chi connectivity index (χ4v) is 16.3. The second-order valence-corrected chi connectivity index (χ2v) is 32.7. The van der Waals surface area contributed by atoms with Crippen LogP contribution in [-0.4, -0.2) is 203 Å². The van der Waals surface area contributed by atoms with Crippen LogP contribution in [0.25, 0.3) is 87.2 Å². The maximum Gasteiger partial charge on any atom is 0.228 e. The number of pyridine rings is 4. The molecule has 4 aliphatic rings. The number of hydrogen-bond acceptors (Lipinski definition) is 28. The molecule has 20 rings (SSSR count). The minimum Gasteiger partial charge on any atom is -0.378 e. The average molecular weight is 1640 g/mol. The Kier molecular flexibility index (Phi) is 23.6. The van der Waals surface area contributed by atoms with Crippen molar-refractivity contribution in [3.8, 4) is 0 Å². The van der Waals surface area contributed by atoms with Crippen molar-refractivity contribution in [2.45, 2.75) is 139 Å². The van der Waals surface area contributed by atoms with Crippen molar-refractivity contribution in [3.63, 3.8) is 0 Å². The Hall–Kier alpha value is -13.0. The van der Waals surface area contributed by atoms with Gasteiger partial charge in [0, 0.05) is 144 Å². The molecule has 32 nitrogen and oxygen atoms in total. The summed E-state index contributed by atoms with van der Waals surface area (Å²) < 4.78 is 30.4. The summed E-state index contributed by atoms with van der Waals surface area (Å²) in [6.45, 7) is 40.3. The van der Waals surface area contributed by atoms with Gasteiger partial charge in [0.05, 0.1) is 145 Å². The minimum absolute atomic E-state index is 0.212. The van der Waals surface area contributed by atoms with Gasteiger partial charge in [-0.3, -0.25) is 18.7 Å². The first kappa shape index (κ1) is 81.3. The van der Waals surface area contributed by atoms with Gasteiger partial charge >= 0.3 is 0 Å². The van der Waals surface area contributed by atoms with Crippen molar-refractivity contribution in [2.24, 2.45) is 0 Å². The predicted octanol–water partition coefficient (Wildman–Crippen LogP) is 16.2. The van der Waals surface area contributed by atoms with Crippen LogP contribution in [0.5, 0.6) is 0 Å². The topological polar surface area (TPSA) is 324 Å². The third-order valence-electron chi connectivity index (χ3n) is 22.2. The Morgan fingerprint density at radius 2 is 0.664 bits per heavy atom. The molecule has 32 heteroatoms. The van der Waals surface area contributed by atoms with E-state index in [-0.39, 0.29) is 42.5 Å². The molecule has 1 unspecified atom stereocenters. The zero-order valence-electron chi connectivity index (χ0n) is 71.5. The van der Waals surface area contributed by atoms with Crippen LogP contribution >= 0.6 is 0 Å². The van der Waals surface area contributed by atoms with Crippen molar-refractivity contribution in [2.75, 3.05) is 126 Å². The van der Waals surface area contributed by atoms with Crippen molar-refractivity contribution in [3.05, 3.63) is 170 Å². The molecule has 16 aromatic rings. The smallest absolute Gasteiger partial charge is 0.228 e. The number of morpholine rings is 4. The first-order chi connectivity index (χ1) is 59.2. The van der Waals surface area contributed by atoms with Crippen LogP contribution in [0.15, 0.2) is 153 Å². The van der Waals surface area contributed by atoms with Crippen molar-refractivity contribution in [1.82, 2.24) is 98.9 Å². The highest BCUT2D eigenvalue weighted by molar-refractivity contribution is 6.06. The summed E-state index contributed by atoms with van der Waals surface area (Å²) in [6.07, 6.45) is 21.3. The summed E-state index contributed by atoms with van der Waals surface area (Å²) in [5, 5.41) is 39.4. The lowest BCUT2D eigenvalue weighted by atomic mass is 10.2. The molecule has 0 radical (unpaired) electrons. The van der Waals surface area contributed by atoms with Gasteiger partial charge in [-0.05, 0) is 144 Å². The highest BCUT2D eigenvalue weighted by Crippen LogP contribution is 2.35. The Bertz CT molecular complexity index is 6230. The summed E-state index contributed by atoms with van der Waals surface area (Å²) in [4.78, 5) is 65.0. The number of rotatable bonds is 16. The fourth-order valence-electron chi connectivity index (χ4n) is 16.3. The number of anilines is 12. The van der Waals surface area contributed by atoms with E-state index in [0.717, 1.165) is 230 Å². The summed E-state index contributed by atoms with van der Waals surface area (Å²) in [7, 11) is 0. The number of nitrogens with zero attached hydrogens (tertiary/aromatic N) is 24. The summed E-state index contributed by atoms with van der Waals surface area (Å²) >= 11 is 0. The van der Waals surface area contributed by atoms with Crippen molar-refractivity contribution < 1.29 is 18.9 Å². The monoisotopic (exact) mass is 1640 g/mol. The van der Waals surface area contributed by atoms with Gasteiger partial charge in [-0.25, -0.2) is 59.8 Å². The standard InChI is InChI=1S/2C23H27N7O.2C22H25N7O/c1-14(2)30-22-18(10-26-30)6-5-17-9-25-23(28-21(17)22)27-20-8-7-19(11-24-20)29-12-15(3)31-16(4)13-29;1-14(2)30-22-18(11-26-30)6-5-17-10-25-23(28-21(17)22)27-20-9-15(3)19(12-24-20)29-7-8-31-16(4)13-29;1-14(2)29-21-17(12-25-29)5-4-16-11-24-22(27-20(16)21)26-19-10-15(3)18(13-23-19)28-6-8-30-9-7-28;1-14(2)29-21-17(13-24-29)5-4-16-12-23-22(27-20(16)21)26-19-7-6-18(15(3)25-19)28-8-10-30-11-9-28/h5-11,14-16H,12-13H2,1-4H3,(H,24,25,27,28);5-6,9-12,14,16H,7-8,13H2,1-4H3,(H,24,25,27,28);4-5,10-14H,6-9H2,1-3H3,(H,23,24,26,27);4-7,12-14H,8-11H2,1-3H3,(H,23,25,26,27)/t15-,16+;;;. The van der Waals surface area contributed by atoms with Gasteiger partial charge in [0.2, 0.25) is 23.8 Å². The Labute approximate surface area is 706 Å². The average Bonchev–Trinajstić information content (AvgIpc) is 1.60. The summed E-state index contributed by atoms with van der Waals surface area (Å²) in [5.41, 5.74) is 15.5. The van der Waals surface area contributed by atoms with Gasteiger partial charge in [0.1, 0.15) is 45.3 Å². The van der Waals surface area contributed by atoms with Gasteiger partial charge in [-0.2, -0.15) is 20.4 Å². The molecule has 628 valence electrons. The third-order valence-corrected chi connectivity index (χ3v) is 22.2. The van der Waals surface area contributed by atoms with E-state index >= 15 is 0 Å². The molecule has 4 saturated heterocycles. The van der Waals surface area contributed by atoms with Gasteiger partial charge < -0.3 is 59.8 Å². The first-order valence-corrected chi connectivity index (χ1v) is 42.1. The molecule has 4 N–H and O–H groups in total. The van der Waals surface area contributed by atoms with E-state index < -0.39 is 0 Å². The van der Waals surface area contributed by atoms with E-state index in [9.17, 15) is 0 Å². The SMILES string of the molecule is CC(C)n1ncc2ccc3cnc(Nc4ccc(N5C[C@@H](C)O[C@@H](C)C5)cn4)nc3c21.Cc1cc(Nc2ncc3ccc4cnn(C(C)C)c4c3n2)ncc1N1CCOC(C)C1.Cc1cc(Nc2ncc3ccc4cnn(C(C)C)c4c3n2)ncc1N1CCOCC1.Cc1nc(Nc2ncc3ccc4cnn(C(C)C)c4c3n2)ccc1N1CCOCC1. The Morgan fingerprint density at radius 3 is 1.03 bits per heavy atom. The molecule has 0 bridgehead atoms. The number of aryl methyl sites for hydroxylation is 3. The summed E-state index contributed by atoms with van der Waals surface area (Å²) in [6, 6.07) is 29.6. The van der Waals surface area contributed by atoms with E-state index in [0.29, 0.717) is 29.6 Å². The summed E-state index contributed by atoms with van der Waals surface area (Å²) in [5.74, 6) is 4.99. The van der Waals surface area contributed by atoms with Crippen molar-refractivity contribution >= 4 is 157 Å². The maximum atomic E-state index is 5.83. The zero-order chi connectivity index (χ0) is 84.4. The molecule has 4 aromatic carbocycles. The van der Waals surface area contributed by atoms with E-state index in [2.05, 4.69) is 223 Å². The molecule has 0 spiro atoms. The molecule has 122 heavy (non-hydrogen) atoms. The van der Waals surface area contributed by atoms with E-state index in [1.54, 1.807) is 0 Å². The third kappa shape index (κ3) is 17.5. The van der Waals surface area contributed by atoms with Gasteiger partial charge in [0.25, 0.3) is 0 Å². The van der Waals surface area contributed by atoms with E-state index in [4.69, 9.17) is 43.9 Å². The lowest BCUT2D eigenvalue weighted by Gasteiger charge is -2.36. The second-order valence-electron chi connectivity index (χ2n) is 32.7. The Balaban J connectivity index is 0.000000116. The molecular formula is C90H104N28O4. The van der Waals surface area contributed by atoms with E-state index in [1.165, 1.54) is 0 Å². The quantitative estimate of drug-likeness (QED) is 0.0698. The molecule has 4 fully saturated rings. The molecule has 16 heterocycles. The largest absolute Gasteiger partial charge is 0.378 e. The highest BCUT2D eigenvalue weighted by Gasteiger charge is 2.26. The first-order valence-electron chi connectivity index (χ1n) is 42.1. The second kappa shape index (κ2) is 35.3. The fraction of sp³-hybridized carbons (Fsp3) is 0.378. The normalized spacial score (nSPS) is 16.5. The van der Waals surface area contributed by atoms with Gasteiger partial charge in [-0.1, -0.05) is 48.5 Å². The lowest BCUT2D eigenvalue weighted by Crippen LogP contribution is -2.45. The minimum atomic E-state index is 0.212. The van der Waals surface area contributed by atoms with Crippen LogP contribution in [-0.2, 0) is 18.9 Å². The Morgan fingerprint density at radius 1 is 0.320 bits per heavy atom. The van der Waals surface area contributed by atoms with Crippen LogP contribution in [0, 0.1) is 20.8 Å². The number of hydrogen-bond donors (Lipinski definition) is 4. The van der Waals surface area contributed by atoms with Gasteiger partial charge in [-0.15, -0.1) is 0 Å². The zero-order valence-corrected chi connectivity index (χ0v) is 71.5. The van der Waals surface area contributed by atoms with E-state index in [1.807, 2.05) is 142 Å². The molecule has 0 saturated carbocycles. The number of aromatic nitrogens is 20. The molecule has 0 aliphatic carbocycles. The van der Waals surface area contributed by atoms with Gasteiger partial charge in [0.15, 0.2) is 0 Å². The molecule has 0 amide bonds. The maximum absolute atomic E-state index is 5.83. The van der Waals surface area contributed by atoms with Crippen LogP contribution in [0.2, 0.25) is 0 Å². The van der Waals surface area contributed by atoms with Crippen LogP contribution in [0.3, 0.4) is 0 Å². The molecule has 4 aliphatic heterocycles. The number of nitrogens with one attached hydrogen (secondary N) is 4. The number of fused-ring (bicyclic) bond motifs is 12. The number of ether oxygens (including phenoxy) is 4. The number of benzene rings is 4. The van der Waals surface area contributed by atoms with Crippen molar-refractivity contribution in [1.29, 1.82) is 0 Å². The lowest BCUT2D eigenvalue weighted by molar-refractivity contribution is -0.00523. The van der Waals surface area contributed by atoms with Crippen LogP contribution in [0.4, 0.5) is 69.8 Å². The molecule has 3 atom stereocenters. The van der Waals surface area contributed by atoms with Crippen LogP contribution < -0.4 is 40.9 Å². The molecular weight excluding hydrogens is 1540 g/mol. The predicted molar refractivity (Wildman–Crippen MR) is 483 cm³/mol. The molecule has 12 aromatic heterocycles.